The van der Waals surface area contributed by atoms with Crippen LogP contribution in [-0.4, -0.2) is 37.5 Å². The minimum absolute atomic E-state index is 0.133. The van der Waals surface area contributed by atoms with Gasteiger partial charge in [-0.05, 0) is 23.6 Å². The van der Waals surface area contributed by atoms with Crippen LogP contribution in [-0.2, 0) is 4.79 Å². The Morgan fingerprint density at radius 1 is 1.27 bits per heavy atom. The van der Waals surface area contributed by atoms with Crippen molar-refractivity contribution in [2.24, 2.45) is 0 Å². The number of hydrogen-bond donors (Lipinski definition) is 1. The third kappa shape index (κ3) is 3.84. The fraction of sp³-hybridized carbons (Fsp3) is 0.389. The van der Waals surface area contributed by atoms with E-state index < -0.39 is 36.6 Å². The second kappa shape index (κ2) is 6.66. The molecule has 8 heteroatoms. The Labute approximate surface area is 147 Å². The Bertz CT molecular complexity index is 824. The van der Waals surface area contributed by atoms with E-state index in [9.17, 15) is 22.4 Å². The van der Waals surface area contributed by atoms with Crippen molar-refractivity contribution in [1.82, 2.24) is 5.32 Å². The van der Waals surface area contributed by atoms with Crippen molar-refractivity contribution in [2.45, 2.75) is 30.7 Å². The number of benzene rings is 2. The summed E-state index contributed by atoms with van der Waals surface area (Å²) in [4.78, 5) is 11.6. The monoisotopic (exact) mass is 371 g/mol. The van der Waals surface area contributed by atoms with Crippen molar-refractivity contribution in [3.8, 4) is 11.5 Å². The topological polar surface area (TPSA) is 47.6 Å². The fourth-order valence-corrected chi connectivity index (χ4v) is 3.09. The molecule has 1 saturated heterocycles. The first-order chi connectivity index (χ1) is 12.2. The van der Waals surface area contributed by atoms with E-state index in [0.717, 1.165) is 10.8 Å². The third-order valence-corrected chi connectivity index (χ3v) is 4.28. The molecule has 0 aromatic heterocycles. The summed E-state index contributed by atoms with van der Waals surface area (Å²) in [6.45, 7) is -0.133. The standard InChI is InChI=1S/C18H17F4NO3/c1-25-13-6-5-11-3-2-4-15(14(11)7-13)26-9-12-8-17(19,16(24)23-12)10-18(20,21)22/h2-7,12H,8-10H2,1H3,(H,23,24)/t12-,17+/m0/s1. The SMILES string of the molecule is COc1ccc2cccc(OC[C@@H]3C[C@@](F)(CC(F)(F)F)C(=O)N3)c2c1. The van der Waals surface area contributed by atoms with Crippen LogP contribution in [0.1, 0.15) is 12.8 Å². The zero-order valence-corrected chi connectivity index (χ0v) is 13.9. The van der Waals surface area contributed by atoms with E-state index in [2.05, 4.69) is 5.32 Å². The maximum atomic E-state index is 14.3. The average Bonchev–Trinajstić information content (AvgIpc) is 2.84. The number of fused-ring (bicyclic) bond motifs is 1. The van der Waals surface area contributed by atoms with Gasteiger partial charge in [-0.3, -0.25) is 4.79 Å². The van der Waals surface area contributed by atoms with Gasteiger partial charge in [-0.2, -0.15) is 13.2 Å². The van der Waals surface area contributed by atoms with E-state index in [1.54, 1.807) is 24.3 Å². The predicted molar refractivity (Wildman–Crippen MR) is 87.1 cm³/mol. The first-order valence-corrected chi connectivity index (χ1v) is 7.96. The van der Waals surface area contributed by atoms with Crippen LogP contribution in [0.2, 0.25) is 0 Å². The molecule has 2 aromatic carbocycles. The van der Waals surface area contributed by atoms with Gasteiger partial charge in [0.25, 0.3) is 5.91 Å². The van der Waals surface area contributed by atoms with E-state index in [4.69, 9.17) is 9.47 Å². The van der Waals surface area contributed by atoms with E-state index in [0.29, 0.717) is 11.5 Å². The number of rotatable bonds is 5. The zero-order valence-electron chi connectivity index (χ0n) is 13.9. The normalized spacial score (nSPS) is 23.1. The Balaban J connectivity index is 1.72. The van der Waals surface area contributed by atoms with Crippen molar-refractivity contribution < 1.29 is 31.8 Å². The van der Waals surface area contributed by atoms with Gasteiger partial charge in [0.15, 0.2) is 5.67 Å². The molecule has 1 amide bonds. The number of carbonyl (C=O) groups excluding carboxylic acids is 1. The highest BCUT2D eigenvalue weighted by Crippen LogP contribution is 2.37. The van der Waals surface area contributed by atoms with Crippen molar-refractivity contribution in [3.05, 3.63) is 36.4 Å². The van der Waals surface area contributed by atoms with Crippen molar-refractivity contribution >= 4 is 16.7 Å². The third-order valence-electron chi connectivity index (χ3n) is 4.28. The smallest absolute Gasteiger partial charge is 0.392 e. The number of carbonyl (C=O) groups is 1. The van der Waals surface area contributed by atoms with E-state index in [-0.39, 0.29) is 6.61 Å². The van der Waals surface area contributed by atoms with Crippen LogP contribution in [0.4, 0.5) is 17.6 Å². The molecule has 1 N–H and O–H groups in total. The second-order valence-corrected chi connectivity index (χ2v) is 6.29. The van der Waals surface area contributed by atoms with Gasteiger partial charge >= 0.3 is 6.18 Å². The average molecular weight is 371 g/mol. The van der Waals surface area contributed by atoms with E-state index in [1.807, 2.05) is 12.1 Å². The Morgan fingerprint density at radius 3 is 2.73 bits per heavy atom. The molecule has 0 bridgehead atoms. The van der Waals surface area contributed by atoms with Crippen LogP contribution in [0.25, 0.3) is 10.8 Å². The minimum atomic E-state index is -4.76. The van der Waals surface area contributed by atoms with Gasteiger partial charge < -0.3 is 14.8 Å². The van der Waals surface area contributed by atoms with E-state index in [1.165, 1.54) is 7.11 Å². The lowest BCUT2D eigenvalue weighted by atomic mass is 9.97. The number of ether oxygens (including phenoxy) is 2. The molecule has 1 aliphatic rings. The van der Waals surface area contributed by atoms with Gasteiger partial charge in [0, 0.05) is 11.8 Å². The van der Waals surface area contributed by atoms with Crippen molar-refractivity contribution in [2.75, 3.05) is 13.7 Å². The molecule has 26 heavy (non-hydrogen) atoms. The number of amides is 1. The van der Waals surface area contributed by atoms with Crippen LogP contribution < -0.4 is 14.8 Å². The summed E-state index contributed by atoms with van der Waals surface area (Å²) in [6, 6.07) is 9.88. The number of hydrogen-bond acceptors (Lipinski definition) is 3. The van der Waals surface area contributed by atoms with Crippen LogP contribution in [0.5, 0.6) is 11.5 Å². The molecule has 140 valence electrons. The molecule has 1 fully saturated rings. The first kappa shape index (κ1) is 18.3. The summed E-state index contributed by atoms with van der Waals surface area (Å²) >= 11 is 0. The predicted octanol–water partition coefficient (Wildman–Crippen LogP) is 3.78. The summed E-state index contributed by atoms with van der Waals surface area (Å²) < 4.78 is 62.6. The van der Waals surface area contributed by atoms with Gasteiger partial charge in [0.1, 0.15) is 18.1 Å². The van der Waals surface area contributed by atoms with E-state index >= 15 is 0 Å². The van der Waals surface area contributed by atoms with Gasteiger partial charge in [0.2, 0.25) is 0 Å². The zero-order chi connectivity index (χ0) is 18.9. The summed E-state index contributed by atoms with van der Waals surface area (Å²) in [5.74, 6) is -0.151. The minimum Gasteiger partial charge on any atom is -0.497 e. The molecule has 0 unspecified atom stereocenters. The molecule has 1 aliphatic heterocycles. The summed E-state index contributed by atoms with van der Waals surface area (Å²) in [6.07, 6.45) is -7.14. The van der Waals surface area contributed by atoms with Crippen molar-refractivity contribution in [1.29, 1.82) is 0 Å². The summed E-state index contributed by atoms with van der Waals surface area (Å²) in [5.41, 5.74) is -2.95. The molecule has 0 spiro atoms. The largest absolute Gasteiger partial charge is 0.497 e. The Morgan fingerprint density at radius 2 is 2.04 bits per heavy atom. The van der Waals surface area contributed by atoms with Gasteiger partial charge in [-0.1, -0.05) is 18.2 Å². The number of methoxy groups -OCH3 is 1. The second-order valence-electron chi connectivity index (χ2n) is 6.29. The maximum Gasteiger partial charge on any atom is 0.392 e. The van der Waals surface area contributed by atoms with Gasteiger partial charge in [-0.25, -0.2) is 4.39 Å². The summed E-state index contributed by atoms with van der Waals surface area (Å²) in [5, 5.41) is 3.88. The number of alkyl halides is 4. The maximum absolute atomic E-state index is 14.3. The number of halogens is 4. The highest BCUT2D eigenvalue weighted by Gasteiger charge is 2.54. The van der Waals surface area contributed by atoms with Gasteiger partial charge in [-0.15, -0.1) is 0 Å². The fourth-order valence-electron chi connectivity index (χ4n) is 3.09. The Kier molecular flexibility index (Phi) is 4.68. The first-order valence-electron chi connectivity index (χ1n) is 7.96. The molecular weight excluding hydrogens is 354 g/mol. The molecule has 1 heterocycles. The van der Waals surface area contributed by atoms with Crippen LogP contribution in [0, 0.1) is 0 Å². The van der Waals surface area contributed by atoms with Crippen LogP contribution >= 0.6 is 0 Å². The lowest BCUT2D eigenvalue weighted by Gasteiger charge is -2.18. The highest BCUT2D eigenvalue weighted by atomic mass is 19.4. The number of nitrogens with one attached hydrogen (secondary N) is 1. The molecule has 0 saturated carbocycles. The molecule has 4 nitrogen and oxygen atoms in total. The Hall–Kier alpha value is -2.51. The molecule has 0 radical (unpaired) electrons. The molecule has 2 aromatic rings. The molecular formula is C18H17F4NO3. The van der Waals surface area contributed by atoms with Crippen molar-refractivity contribution in [3.63, 3.8) is 0 Å². The molecule has 3 rings (SSSR count). The highest BCUT2D eigenvalue weighted by molar-refractivity contribution is 5.89. The lowest BCUT2D eigenvalue weighted by molar-refractivity contribution is -0.168. The lowest BCUT2D eigenvalue weighted by Crippen LogP contribution is -2.38. The van der Waals surface area contributed by atoms with Crippen LogP contribution in [0.3, 0.4) is 0 Å². The molecule has 2 atom stereocenters. The quantitative estimate of drug-likeness (QED) is 0.814. The summed E-state index contributed by atoms with van der Waals surface area (Å²) in [7, 11) is 1.53. The van der Waals surface area contributed by atoms with Gasteiger partial charge in [0.05, 0.1) is 19.6 Å². The molecule has 0 aliphatic carbocycles. The van der Waals surface area contributed by atoms with Crippen LogP contribution in [0.15, 0.2) is 36.4 Å².